The van der Waals surface area contributed by atoms with Crippen molar-refractivity contribution in [3.05, 3.63) is 96.1 Å². The predicted molar refractivity (Wildman–Crippen MR) is 157 cm³/mol. The van der Waals surface area contributed by atoms with Gasteiger partial charge in [-0.2, -0.15) is 0 Å². The summed E-state index contributed by atoms with van der Waals surface area (Å²) in [4.78, 5) is 4.99. The van der Waals surface area contributed by atoms with E-state index < -0.39 is 0 Å². The Morgan fingerprint density at radius 2 is 0.944 bits per heavy atom. The van der Waals surface area contributed by atoms with Crippen molar-refractivity contribution in [2.45, 2.75) is 52.4 Å². The number of benzene rings is 4. The molecule has 3 heteroatoms. The molecule has 0 N–H and O–H groups in total. The highest BCUT2D eigenvalue weighted by Crippen LogP contribution is 2.50. The lowest BCUT2D eigenvalue weighted by atomic mass is 9.51. The normalized spacial score (nSPS) is 14.4. The first kappa shape index (κ1) is 23.0. The van der Waals surface area contributed by atoms with Gasteiger partial charge in [0.15, 0.2) is 0 Å². The third-order valence-electron chi connectivity index (χ3n) is 7.98. The molecule has 0 spiro atoms. The fraction of sp³-hybridized carbons (Fsp3) is 0.273. The van der Waals surface area contributed by atoms with Gasteiger partial charge in [0.1, 0.15) is 0 Å². The molecule has 0 atom stereocenters. The Morgan fingerprint density at radius 3 is 1.36 bits per heavy atom. The molecule has 0 aliphatic carbocycles. The molecule has 0 saturated carbocycles. The molecule has 6 rings (SSSR count). The molecular weight excluding hydrogens is 435 g/mol. The molecule has 0 saturated heterocycles. The van der Waals surface area contributed by atoms with E-state index in [-0.39, 0.29) is 17.7 Å². The summed E-state index contributed by atoms with van der Waals surface area (Å²) >= 11 is 0. The molecule has 0 fully saturated rings. The maximum Gasteiger partial charge on any atom is 0.329 e. The van der Waals surface area contributed by atoms with Crippen LogP contribution in [0, 0.1) is 0 Å². The first-order chi connectivity index (χ1) is 17.1. The Bertz CT molecular complexity index is 1380. The van der Waals surface area contributed by atoms with Crippen molar-refractivity contribution in [3.63, 3.8) is 0 Å². The summed E-state index contributed by atoms with van der Waals surface area (Å²) in [5, 5.41) is 0. The van der Waals surface area contributed by atoms with Crippen LogP contribution in [0.25, 0.3) is 11.1 Å². The lowest BCUT2D eigenvalue weighted by Crippen LogP contribution is -2.53. The number of fused-ring (bicyclic) bond motifs is 5. The van der Waals surface area contributed by atoms with Crippen molar-refractivity contribution in [1.82, 2.24) is 0 Å². The fourth-order valence-electron chi connectivity index (χ4n) is 5.88. The monoisotopic (exact) mass is 470 g/mol. The van der Waals surface area contributed by atoms with Crippen molar-refractivity contribution in [2.24, 2.45) is 0 Å². The Balaban J connectivity index is 1.68. The summed E-state index contributed by atoms with van der Waals surface area (Å²) in [6, 6.07) is 32.0. The lowest BCUT2D eigenvalue weighted by Gasteiger charge is -2.43. The van der Waals surface area contributed by atoms with Gasteiger partial charge < -0.3 is 9.71 Å². The average Bonchev–Trinajstić information content (AvgIpc) is 3.17. The SMILES string of the molecule is CN1c2ccc(C(C)(C)C)cc2N(B2c3ccccc3-c3ccccc32)c2cc(C(C)(C)C)ccc21. The molecule has 2 aliphatic heterocycles. The van der Waals surface area contributed by atoms with E-state index >= 15 is 0 Å². The van der Waals surface area contributed by atoms with Gasteiger partial charge in [0.25, 0.3) is 0 Å². The van der Waals surface area contributed by atoms with Gasteiger partial charge in [-0.05, 0) is 68.3 Å². The highest BCUT2D eigenvalue weighted by Gasteiger charge is 2.42. The smallest absolute Gasteiger partial charge is 0.329 e. The fourth-order valence-corrected chi connectivity index (χ4v) is 5.88. The van der Waals surface area contributed by atoms with Crippen LogP contribution in [-0.4, -0.2) is 13.9 Å². The van der Waals surface area contributed by atoms with Crippen LogP contribution in [0.4, 0.5) is 22.7 Å². The molecule has 0 aromatic heterocycles. The summed E-state index contributed by atoms with van der Waals surface area (Å²) in [7, 11) is 2.21. The lowest BCUT2D eigenvalue weighted by molar-refractivity contribution is 0.590. The molecule has 0 bridgehead atoms. The van der Waals surface area contributed by atoms with Crippen LogP contribution in [0.15, 0.2) is 84.9 Å². The van der Waals surface area contributed by atoms with E-state index in [1.165, 1.54) is 55.9 Å². The molecule has 180 valence electrons. The van der Waals surface area contributed by atoms with E-state index in [0.717, 1.165) is 0 Å². The maximum atomic E-state index is 2.62. The zero-order chi connectivity index (χ0) is 25.4. The number of rotatable bonds is 1. The second-order valence-corrected chi connectivity index (χ2v) is 12.4. The van der Waals surface area contributed by atoms with Crippen LogP contribution in [0.3, 0.4) is 0 Å². The van der Waals surface area contributed by atoms with Crippen molar-refractivity contribution in [2.75, 3.05) is 16.8 Å². The van der Waals surface area contributed by atoms with Crippen LogP contribution >= 0.6 is 0 Å². The van der Waals surface area contributed by atoms with Crippen molar-refractivity contribution in [1.29, 1.82) is 0 Å². The van der Waals surface area contributed by atoms with E-state index in [1.807, 2.05) is 0 Å². The highest BCUT2D eigenvalue weighted by molar-refractivity contribution is 6.93. The second kappa shape index (κ2) is 7.77. The van der Waals surface area contributed by atoms with Gasteiger partial charge in [0, 0.05) is 7.05 Å². The van der Waals surface area contributed by atoms with Crippen molar-refractivity contribution >= 4 is 40.5 Å². The molecule has 4 aromatic carbocycles. The van der Waals surface area contributed by atoms with Crippen LogP contribution in [0.2, 0.25) is 0 Å². The zero-order valence-corrected chi connectivity index (χ0v) is 22.6. The van der Waals surface area contributed by atoms with Gasteiger partial charge in [-0.3, -0.25) is 0 Å². The largest absolute Gasteiger partial charge is 0.374 e. The molecule has 0 radical (unpaired) electrons. The van der Waals surface area contributed by atoms with Crippen LogP contribution in [0.1, 0.15) is 52.7 Å². The van der Waals surface area contributed by atoms with Gasteiger partial charge >= 0.3 is 6.85 Å². The standard InChI is InChI=1S/C33H35BN2/c1-32(2,3)22-16-18-28-30(20-22)36(31-21-23(33(4,5)6)17-19-29(31)35(28)7)34-26-14-10-8-12-24(26)25-13-9-11-15-27(25)34/h8-21H,1-7H3. The first-order valence-corrected chi connectivity index (χ1v) is 13.1. The molecule has 2 heterocycles. The average molecular weight is 470 g/mol. The van der Waals surface area contributed by atoms with Crippen LogP contribution in [-0.2, 0) is 10.8 Å². The Labute approximate surface area is 216 Å². The molecular formula is C33H35BN2. The van der Waals surface area contributed by atoms with E-state index in [2.05, 4.69) is 143 Å². The minimum absolute atomic E-state index is 0.0678. The quantitative estimate of drug-likeness (QED) is 0.270. The summed E-state index contributed by atoms with van der Waals surface area (Å²) < 4.78 is 0. The molecule has 4 aromatic rings. The Morgan fingerprint density at radius 1 is 0.528 bits per heavy atom. The van der Waals surface area contributed by atoms with E-state index in [4.69, 9.17) is 0 Å². The predicted octanol–water partition coefficient (Wildman–Crippen LogP) is 7.29. The Hall–Kier alpha value is -3.46. The first-order valence-electron chi connectivity index (χ1n) is 13.1. The van der Waals surface area contributed by atoms with Gasteiger partial charge in [-0.1, -0.05) is 102 Å². The van der Waals surface area contributed by atoms with Crippen molar-refractivity contribution in [3.8, 4) is 11.1 Å². The van der Waals surface area contributed by atoms with Gasteiger partial charge in [-0.15, -0.1) is 0 Å². The van der Waals surface area contributed by atoms with E-state index in [0.29, 0.717) is 0 Å². The molecule has 0 amide bonds. The third-order valence-corrected chi connectivity index (χ3v) is 7.98. The maximum absolute atomic E-state index is 2.62. The molecule has 2 nitrogen and oxygen atoms in total. The summed E-state index contributed by atoms with van der Waals surface area (Å²) in [5.41, 5.74) is 13.4. The zero-order valence-electron chi connectivity index (χ0n) is 22.6. The van der Waals surface area contributed by atoms with Gasteiger partial charge in [0.2, 0.25) is 0 Å². The molecule has 36 heavy (non-hydrogen) atoms. The van der Waals surface area contributed by atoms with Gasteiger partial charge in [-0.25, -0.2) is 0 Å². The van der Waals surface area contributed by atoms with Crippen molar-refractivity contribution < 1.29 is 0 Å². The summed E-state index contributed by atoms with van der Waals surface area (Å²) in [6.45, 7) is 13.9. The van der Waals surface area contributed by atoms with Gasteiger partial charge in [0.05, 0.1) is 22.7 Å². The van der Waals surface area contributed by atoms with Crippen LogP contribution in [0.5, 0.6) is 0 Å². The van der Waals surface area contributed by atoms with Crippen LogP contribution < -0.4 is 20.6 Å². The minimum Gasteiger partial charge on any atom is -0.374 e. The summed E-state index contributed by atoms with van der Waals surface area (Å²) in [6.07, 6.45) is 0. The Kier molecular flexibility index (Phi) is 4.96. The number of hydrogen-bond donors (Lipinski definition) is 0. The molecule has 2 aliphatic rings. The third kappa shape index (κ3) is 3.40. The van der Waals surface area contributed by atoms with E-state index in [9.17, 15) is 0 Å². The highest BCUT2D eigenvalue weighted by atomic mass is 15.2. The van der Waals surface area contributed by atoms with E-state index in [1.54, 1.807) is 0 Å². The topological polar surface area (TPSA) is 6.48 Å². The number of hydrogen-bond acceptors (Lipinski definition) is 2. The second-order valence-electron chi connectivity index (χ2n) is 12.4. The number of nitrogens with zero attached hydrogens (tertiary/aromatic N) is 2. The summed E-state index contributed by atoms with van der Waals surface area (Å²) in [5.74, 6) is 0. The molecule has 0 unspecified atom stereocenters. The number of anilines is 4. The minimum atomic E-state index is 0.0678.